The standard InChI is InChI=1S/C43H69N3O12/c1-27(2)30(21-29-13-14-34(53-11)36(22-29)54-20-12-19-52-10)23-32-35(24-31(28(3)4)33(47)15-16-42(8,9)37(44)48)55-25-46(32)40(51)57-26-56-38(49)43(17-18-43)45-39(50)58-41(5,6)7/h13-14,22,27-28,30-32,35H,12,15-21,23-26H2,1-11H3,(H2,44,48)(H,45,50)/t30-,31-,32-,35-/m0/s1. The Labute approximate surface area is 344 Å². The number of benzene rings is 1. The van der Waals surface area contributed by atoms with Crippen molar-refractivity contribution in [1.82, 2.24) is 10.2 Å². The van der Waals surface area contributed by atoms with Gasteiger partial charge in [-0.25, -0.2) is 14.4 Å². The van der Waals surface area contributed by atoms with Crippen molar-refractivity contribution in [3.8, 4) is 11.5 Å². The molecule has 1 aliphatic heterocycles. The number of carbonyl (C=O) groups excluding carboxylic acids is 5. The SMILES string of the molecule is COCCCOc1cc(C[C@@H](C[C@H]2[C@H](C[C@H](C(=O)CCC(C)(C)C(N)=O)C(C)C)OCN2C(=O)OCOC(=O)C2(NC(=O)OC(C)(C)C)CC2)C(C)C)ccc1OC. The van der Waals surface area contributed by atoms with E-state index in [-0.39, 0.29) is 36.7 Å². The number of rotatable bonds is 23. The molecule has 0 bridgehead atoms. The maximum atomic E-state index is 13.8. The molecule has 0 unspecified atom stereocenters. The number of nitrogens with two attached hydrogens (primary N) is 1. The summed E-state index contributed by atoms with van der Waals surface area (Å²) in [6, 6.07) is 5.39. The number of carbonyl (C=O) groups is 5. The summed E-state index contributed by atoms with van der Waals surface area (Å²) in [4.78, 5) is 66.4. The maximum Gasteiger partial charge on any atom is 0.414 e. The lowest BCUT2D eigenvalue weighted by Crippen LogP contribution is -2.47. The van der Waals surface area contributed by atoms with Gasteiger partial charge in [0.1, 0.15) is 23.7 Å². The van der Waals surface area contributed by atoms with E-state index >= 15 is 0 Å². The molecule has 0 spiro atoms. The van der Waals surface area contributed by atoms with E-state index in [4.69, 9.17) is 38.9 Å². The van der Waals surface area contributed by atoms with E-state index in [2.05, 4.69) is 19.2 Å². The van der Waals surface area contributed by atoms with Crippen molar-refractivity contribution in [1.29, 1.82) is 0 Å². The van der Waals surface area contributed by atoms with Crippen LogP contribution in [0.2, 0.25) is 0 Å². The fourth-order valence-electron chi connectivity index (χ4n) is 6.95. The average Bonchev–Trinajstić information content (AvgIpc) is 3.81. The molecule has 1 saturated carbocycles. The molecule has 1 aromatic rings. The Balaban J connectivity index is 1.82. The molecule has 0 aromatic heterocycles. The molecule has 3 N–H and O–H groups in total. The minimum atomic E-state index is -1.23. The summed E-state index contributed by atoms with van der Waals surface area (Å²) in [5, 5.41) is 2.59. The number of primary amides is 1. The van der Waals surface area contributed by atoms with Gasteiger partial charge in [-0.15, -0.1) is 0 Å². The highest BCUT2D eigenvalue weighted by molar-refractivity contribution is 5.89. The normalized spacial score (nSPS) is 18.7. The minimum absolute atomic E-state index is 0.00489. The highest BCUT2D eigenvalue weighted by Gasteiger charge is 2.54. The van der Waals surface area contributed by atoms with Gasteiger partial charge in [0.2, 0.25) is 12.7 Å². The maximum absolute atomic E-state index is 13.8. The molecule has 3 rings (SSSR count). The molecule has 58 heavy (non-hydrogen) atoms. The topological polar surface area (TPSA) is 191 Å². The Morgan fingerprint density at radius 1 is 0.948 bits per heavy atom. The fourth-order valence-corrected chi connectivity index (χ4v) is 6.95. The van der Waals surface area contributed by atoms with Gasteiger partial charge in [-0.2, -0.15) is 0 Å². The Kier molecular flexibility index (Phi) is 17.7. The van der Waals surface area contributed by atoms with Gasteiger partial charge in [0.05, 0.1) is 25.9 Å². The molecular weight excluding hydrogens is 750 g/mol. The molecule has 1 heterocycles. The molecule has 2 aliphatic rings. The number of esters is 1. The van der Waals surface area contributed by atoms with Gasteiger partial charge in [0, 0.05) is 37.9 Å². The smallest absolute Gasteiger partial charge is 0.414 e. The summed E-state index contributed by atoms with van der Waals surface area (Å²) >= 11 is 0. The summed E-state index contributed by atoms with van der Waals surface area (Å²) in [6.07, 6.45) is 1.49. The fraction of sp³-hybridized carbons (Fsp3) is 0.744. The summed E-state index contributed by atoms with van der Waals surface area (Å²) in [6.45, 7) is 17.1. The number of ether oxygens (including phenoxy) is 7. The highest BCUT2D eigenvalue weighted by Crippen LogP contribution is 2.38. The average molecular weight is 820 g/mol. The first-order chi connectivity index (χ1) is 27.1. The van der Waals surface area contributed by atoms with Gasteiger partial charge >= 0.3 is 18.2 Å². The number of alkyl carbamates (subject to hydrolysis) is 1. The number of hydrogen-bond acceptors (Lipinski definition) is 12. The zero-order valence-electron chi connectivity index (χ0n) is 36.6. The Morgan fingerprint density at radius 3 is 2.21 bits per heavy atom. The molecule has 4 atom stereocenters. The molecule has 15 nitrogen and oxygen atoms in total. The number of methoxy groups -OCH3 is 2. The van der Waals surface area contributed by atoms with Gasteiger partial charge in [-0.3, -0.25) is 14.5 Å². The molecule has 328 valence electrons. The summed E-state index contributed by atoms with van der Waals surface area (Å²) in [5.41, 5.74) is 3.81. The van der Waals surface area contributed by atoms with E-state index in [1.165, 1.54) is 4.90 Å². The number of nitrogens with zero attached hydrogens (tertiary/aromatic N) is 1. The quantitative estimate of drug-likeness (QED) is 0.0688. The second-order valence-electron chi connectivity index (χ2n) is 18.0. The summed E-state index contributed by atoms with van der Waals surface area (Å²) in [7, 11) is 3.25. The van der Waals surface area contributed by atoms with Crippen LogP contribution in [0.15, 0.2) is 18.2 Å². The third-order valence-corrected chi connectivity index (χ3v) is 11.1. The van der Waals surface area contributed by atoms with Crippen LogP contribution < -0.4 is 20.5 Å². The van der Waals surface area contributed by atoms with Crippen molar-refractivity contribution < 1.29 is 57.1 Å². The first-order valence-electron chi connectivity index (χ1n) is 20.5. The van der Waals surface area contributed by atoms with Crippen LogP contribution >= 0.6 is 0 Å². The van der Waals surface area contributed by atoms with Crippen molar-refractivity contribution in [2.75, 3.05) is 41.0 Å². The van der Waals surface area contributed by atoms with E-state index in [9.17, 15) is 24.0 Å². The summed E-state index contributed by atoms with van der Waals surface area (Å²) in [5.74, 6) is -0.145. The van der Waals surface area contributed by atoms with Crippen LogP contribution in [0.1, 0.15) is 113 Å². The molecule has 0 radical (unpaired) electrons. The van der Waals surface area contributed by atoms with Crippen molar-refractivity contribution in [2.45, 2.75) is 137 Å². The van der Waals surface area contributed by atoms with Gasteiger partial charge in [0.25, 0.3) is 0 Å². The number of amides is 3. The van der Waals surface area contributed by atoms with Gasteiger partial charge in [-0.1, -0.05) is 47.6 Å². The largest absolute Gasteiger partial charge is 0.493 e. The second kappa shape index (κ2) is 21.2. The zero-order valence-corrected chi connectivity index (χ0v) is 36.6. The van der Waals surface area contributed by atoms with Crippen molar-refractivity contribution in [3.63, 3.8) is 0 Å². The van der Waals surface area contributed by atoms with E-state index in [1.54, 1.807) is 48.8 Å². The zero-order chi connectivity index (χ0) is 43.4. The number of nitrogens with one attached hydrogen (secondary N) is 1. The molecule has 15 heteroatoms. The van der Waals surface area contributed by atoms with E-state index < -0.39 is 65.5 Å². The minimum Gasteiger partial charge on any atom is -0.493 e. The van der Waals surface area contributed by atoms with Gasteiger partial charge in [0.15, 0.2) is 11.5 Å². The molecule has 3 amide bonds. The monoisotopic (exact) mass is 819 g/mol. The van der Waals surface area contributed by atoms with Crippen LogP contribution in [0.4, 0.5) is 9.59 Å². The number of ketones is 1. The van der Waals surface area contributed by atoms with Crippen molar-refractivity contribution in [3.05, 3.63) is 23.8 Å². The van der Waals surface area contributed by atoms with Gasteiger partial charge in [-0.05, 0) is 94.7 Å². The third kappa shape index (κ3) is 14.3. The number of Topliss-reactive ketones (excluding diaryl/α,β-unsaturated/α-hetero) is 1. The Bertz CT molecular complexity index is 1550. The van der Waals surface area contributed by atoms with Gasteiger partial charge < -0.3 is 44.2 Å². The molecule has 1 saturated heterocycles. The van der Waals surface area contributed by atoms with Crippen molar-refractivity contribution in [2.24, 2.45) is 34.8 Å². The molecule has 1 aromatic carbocycles. The first kappa shape index (κ1) is 48.3. The predicted octanol–water partition coefficient (Wildman–Crippen LogP) is 6.56. The van der Waals surface area contributed by atoms with Crippen LogP contribution in [0.5, 0.6) is 11.5 Å². The Morgan fingerprint density at radius 2 is 1.64 bits per heavy atom. The van der Waals surface area contributed by atoms with Crippen LogP contribution in [-0.4, -0.2) is 99.0 Å². The lowest BCUT2D eigenvalue weighted by atomic mass is 9.78. The first-order valence-corrected chi connectivity index (χ1v) is 20.5. The second-order valence-corrected chi connectivity index (χ2v) is 18.0. The highest BCUT2D eigenvalue weighted by atomic mass is 16.7. The van der Waals surface area contributed by atoms with Crippen LogP contribution in [0, 0.1) is 29.1 Å². The summed E-state index contributed by atoms with van der Waals surface area (Å²) < 4.78 is 39.2. The van der Waals surface area contributed by atoms with Crippen LogP contribution in [-0.2, 0) is 44.5 Å². The lowest BCUT2D eigenvalue weighted by molar-refractivity contribution is -0.156. The predicted molar refractivity (Wildman–Crippen MR) is 216 cm³/mol. The number of hydrogen-bond donors (Lipinski definition) is 2. The van der Waals surface area contributed by atoms with Crippen molar-refractivity contribution >= 4 is 29.8 Å². The van der Waals surface area contributed by atoms with Crippen LogP contribution in [0.25, 0.3) is 0 Å². The lowest BCUT2D eigenvalue weighted by Gasteiger charge is -2.33. The Hall–Kier alpha value is -4.11. The van der Waals surface area contributed by atoms with E-state index in [0.717, 1.165) is 12.0 Å². The molecule has 2 fully saturated rings. The van der Waals surface area contributed by atoms with E-state index in [0.29, 0.717) is 63.2 Å². The molecular formula is C43H69N3O12. The van der Waals surface area contributed by atoms with E-state index in [1.807, 2.05) is 32.0 Å². The third-order valence-electron chi connectivity index (χ3n) is 11.1. The van der Waals surface area contributed by atoms with Crippen LogP contribution in [0.3, 0.4) is 0 Å². The molecule has 1 aliphatic carbocycles.